The second-order valence-electron chi connectivity index (χ2n) is 4.62. The molecule has 0 amide bonds. The minimum atomic E-state index is 0.197. The van der Waals surface area contributed by atoms with Crippen LogP contribution in [0.5, 0.6) is 0 Å². The van der Waals surface area contributed by atoms with E-state index in [-0.39, 0.29) is 12.6 Å². The van der Waals surface area contributed by atoms with Crippen molar-refractivity contribution in [3.05, 3.63) is 30.1 Å². The minimum absolute atomic E-state index is 0.197. The van der Waals surface area contributed by atoms with E-state index in [4.69, 9.17) is 0 Å². The first-order valence-electron chi connectivity index (χ1n) is 5.80. The summed E-state index contributed by atoms with van der Waals surface area (Å²) < 4.78 is 0. The van der Waals surface area contributed by atoms with E-state index in [0.29, 0.717) is 12.0 Å². The van der Waals surface area contributed by atoms with E-state index in [9.17, 15) is 5.11 Å². The summed E-state index contributed by atoms with van der Waals surface area (Å²) >= 11 is 0. The molecule has 0 fully saturated rings. The van der Waals surface area contributed by atoms with Crippen molar-refractivity contribution in [3.8, 4) is 0 Å². The van der Waals surface area contributed by atoms with Gasteiger partial charge in [0.1, 0.15) is 0 Å². The van der Waals surface area contributed by atoms with Gasteiger partial charge in [0.25, 0.3) is 0 Å². The summed E-state index contributed by atoms with van der Waals surface area (Å²) in [5.41, 5.74) is 1.23. The fourth-order valence-corrected chi connectivity index (χ4v) is 1.97. The highest BCUT2D eigenvalue weighted by Gasteiger charge is 2.22. The van der Waals surface area contributed by atoms with Gasteiger partial charge in [0.05, 0.1) is 6.61 Å². The van der Waals surface area contributed by atoms with Gasteiger partial charge in [-0.1, -0.05) is 13.8 Å². The van der Waals surface area contributed by atoms with Crippen molar-refractivity contribution in [1.82, 2.24) is 9.88 Å². The van der Waals surface area contributed by atoms with E-state index in [0.717, 1.165) is 0 Å². The molecule has 2 atom stereocenters. The van der Waals surface area contributed by atoms with Gasteiger partial charge in [0.2, 0.25) is 0 Å². The SMILES string of the molecule is CC(C)[C@@H](CO)N(C)[C@@H](C)c1ccncc1. The summed E-state index contributed by atoms with van der Waals surface area (Å²) in [7, 11) is 2.06. The van der Waals surface area contributed by atoms with Crippen LogP contribution in [-0.2, 0) is 0 Å². The van der Waals surface area contributed by atoms with Crippen molar-refractivity contribution in [3.63, 3.8) is 0 Å². The van der Waals surface area contributed by atoms with Gasteiger partial charge in [-0.2, -0.15) is 0 Å². The zero-order chi connectivity index (χ0) is 12.1. The van der Waals surface area contributed by atoms with Crippen LogP contribution >= 0.6 is 0 Å². The Morgan fingerprint density at radius 2 is 1.81 bits per heavy atom. The number of aliphatic hydroxyl groups is 1. The zero-order valence-corrected chi connectivity index (χ0v) is 10.6. The molecule has 0 aliphatic carbocycles. The van der Waals surface area contributed by atoms with Gasteiger partial charge in [-0.15, -0.1) is 0 Å². The lowest BCUT2D eigenvalue weighted by Crippen LogP contribution is -2.40. The van der Waals surface area contributed by atoms with Crippen LogP contribution in [0.15, 0.2) is 24.5 Å². The first-order valence-corrected chi connectivity index (χ1v) is 5.80. The quantitative estimate of drug-likeness (QED) is 0.828. The van der Waals surface area contributed by atoms with Crippen LogP contribution in [0, 0.1) is 5.92 Å². The molecule has 90 valence electrons. The van der Waals surface area contributed by atoms with Crippen molar-refractivity contribution in [2.24, 2.45) is 5.92 Å². The summed E-state index contributed by atoms with van der Waals surface area (Å²) in [6, 6.07) is 4.54. The van der Waals surface area contributed by atoms with Crippen LogP contribution in [0.2, 0.25) is 0 Å². The predicted molar refractivity (Wildman–Crippen MR) is 66.1 cm³/mol. The van der Waals surface area contributed by atoms with Crippen molar-refractivity contribution < 1.29 is 5.11 Å². The monoisotopic (exact) mass is 222 g/mol. The molecule has 16 heavy (non-hydrogen) atoms. The lowest BCUT2D eigenvalue weighted by molar-refractivity contribution is 0.0841. The van der Waals surface area contributed by atoms with Crippen LogP contribution in [0.1, 0.15) is 32.4 Å². The van der Waals surface area contributed by atoms with Crippen LogP contribution in [0.25, 0.3) is 0 Å². The zero-order valence-electron chi connectivity index (χ0n) is 10.6. The average Bonchev–Trinajstić information content (AvgIpc) is 2.29. The van der Waals surface area contributed by atoms with Crippen LogP contribution < -0.4 is 0 Å². The highest BCUT2D eigenvalue weighted by molar-refractivity contribution is 5.14. The van der Waals surface area contributed by atoms with Crippen molar-refractivity contribution in [1.29, 1.82) is 0 Å². The third kappa shape index (κ3) is 3.03. The van der Waals surface area contributed by atoms with Gasteiger partial charge in [-0.05, 0) is 37.6 Å². The third-order valence-corrected chi connectivity index (χ3v) is 3.28. The molecule has 1 aromatic rings. The molecular weight excluding hydrogens is 200 g/mol. The first-order chi connectivity index (χ1) is 7.57. The van der Waals surface area contributed by atoms with Gasteiger partial charge in [-0.25, -0.2) is 0 Å². The fraction of sp³-hybridized carbons (Fsp3) is 0.615. The predicted octanol–water partition coefficient (Wildman–Crippen LogP) is 2.09. The minimum Gasteiger partial charge on any atom is -0.395 e. The largest absolute Gasteiger partial charge is 0.395 e. The van der Waals surface area contributed by atoms with Gasteiger partial charge in [-0.3, -0.25) is 9.88 Å². The third-order valence-electron chi connectivity index (χ3n) is 3.28. The number of aliphatic hydroxyl groups excluding tert-OH is 1. The molecule has 1 aromatic heterocycles. The Morgan fingerprint density at radius 3 is 2.25 bits per heavy atom. The molecular formula is C13H22N2O. The molecule has 3 nitrogen and oxygen atoms in total. The highest BCUT2D eigenvalue weighted by atomic mass is 16.3. The van der Waals surface area contributed by atoms with E-state index in [1.807, 2.05) is 24.5 Å². The Balaban J connectivity index is 2.77. The Bertz CT molecular complexity index is 300. The van der Waals surface area contributed by atoms with Crippen molar-refractivity contribution in [2.45, 2.75) is 32.9 Å². The molecule has 0 spiro atoms. The number of likely N-dealkylation sites (N-methyl/N-ethyl adjacent to an activating group) is 1. The standard InChI is InChI=1S/C13H22N2O/c1-10(2)13(9-16)15(4)11(3)12-5-7-14-8-6-12/h5-8,10-11,13,16H,9H2,1-4H3/t11-,13+/m0/s1. The lowest BCUT2D eigenvalue weighted by Gasteiger charge is -2.34. The smallest absolute Gasteiger partial charge is 0.0589 e. The number of pyridine rings is 1. The van der Waals surface area contributed by atoms with E-state index in [2.05, 4.69) is 37.7 Å². The number of hydrogen-bond acceptors (Lipinski definition) is 3. The van der Waals surface area contributed by atoms with E-state index >= 15 is 0 Å². The topological polar surface area (TPSA) is 36.4 Å². The van der Waals surface area contributed by atoms with E-state index in [1.165, 1.54) is 5.56 Å². The molecule has 0 aliphatic rings. The highest BCUT2D eigenvalue weighted by Crippen LogP contribution is 2.22. The molecule has 0 aromatic carbocycles. The summed E-state index contributed by atoms with van der Waals surface area (Å²) in [4.78, 5) is 6.24. The molecule has 1 rings (SSSR count). The fourth-order valence-electron chi connectivity index (χ4n) is 1.97. The summed E-state index contributed by atoms with van der Waals surface area (Å²) in [6.07, 6.45) is 3.62. The molecule has 1 N–H and O–H groups in total. The maximum atomic E-state index is 9.41. The summed E-state index contributed by atoms with van der Waals surface area (Å²) in [5, 5.41) is 9.41. The maximum Gasteiger partial charge on any atom is 0.0589 e. The Kier molecular flexibility index (Phi) is 4.90. The maximum absolute atomic E-state index is 9.41. The number of aromatic nitrogens is 1. The summed E-state index contributed by atoms with van der Waals surface area (Å²) in [6.45, 7) is 6.62. The molecule has 0 bridgehead atoms. The van der Waals surface area contributed by atoms with E-state index in [1.54, 1.807) is 0 Å². The molecule has 0 radical (unpaired) electrons. The molecule has 0 saturated heterocycles. The lowest BCUT2D eigenvalue weighted by atomic mass is 10.00. The molecule has 0 unspecified atom stereocenters. The number of rotatable bonds is 5. The van der Waals surface area contributed by atoms with Gasteiger partial charge in [0.15, 0.2) is 0 Å². The van der Waals surface area contributed by atoms with Gasteiger partial charge in [0, 0.05) is 24.5 Å². The van der Waals surface area contributed by atoms with Gasteiger partial charge < -0.3 is 5.11 Å². The Hall–Kier alpha value is -0.930. The molecule has 0 saturated carbocycles. The van der Waals surface area contributed by atoms with Gasteiger partial charge >= 0.3 is 0 Å². The van der Waals surface area contributed by atoms with Crippen LogP contribution in [-0.4, -0.2) is 34.7 Å². The van der Waals surface area contributed by atoms with Crippen LogP contribution in [0.3, 0.4) is 0 Å². The average molecular weight is 222 g/mol. The van der Waals surface area contributed by atoms with E-state index < -0.39 is 0 Å². The molecule has 1 heterocycles. The normalized spacial score (nSPS) is 15.4. The van der Waals surface area contributed by atoms with Crippen molar-refractivity contribution in [2.75, 3.05) is 13.7 Å². The summed E-state index contributed by atoms with van der Waals surface area (Å²) in [5.74, 6) is 0.444. The number of nitrogens with zero attached hydrogens (tertiary/aromatic N) is 2. The second-order valence-corrected chi connectivity index (χ2v) is 4.62. The first kappa shape index (κ1) is 13.1. The number of hydrogen-bond donors (Lipinski definition) is 1. The second kappa shape index (κ2) is 5.97. The Morgan fingerprint density at radius 1 is 1.25 bits per heavy atom. The van der Waals surface area contributed by atoms with Crippen LogP contribution in [0.4, 0.5) is 0 Å². The van der Waals surface area contributed by atoms with Crippen molar-refractivity contribution >= 4 is 0 Å². The molecule has 3 heteroatoms. The Labute approximate surface area is 98.1 Å². The molecule has 0 aliphatic heterocycles.